The van der Waals surface area contributed by atoms with Gasteiger partial charge in [-0.2, -0.15) is 9.98 Å². The molecule has 0 heterocycles. The van der Waals surface area contributed by atoms with Crippen LogP contribution < -0.4 is 4.72 Å². The molecular formula is C14H18N2O4S. The highest BCUT2D eigenvalue weighted by molar-refractivity contribution is 7.89. The van der Waals surface area contributed by atoms with Gasteiger partial charge in [0.1, 0.15) is 5.54 Å². The smallest absolute Gasteiger partial charge is 0.326 e. The number of ether oxygens (including phenoxy) is 1. The minimum absolute atomic E-state index is 0.00673. The van der Waals surface area contributed by atoms with Crippen molar-refractivity contribution in [2.75, 3.05) is 7.11 Å². The second kappa shape index (κ2) is 6.70. The van der Waals surface area contributed by atoms with Gasteiger partial charge in [0, 0.05) is 0 Å². The summed E-state index contributed by atoms with van der Waals surface area (Å²) in [6, 6.07) is 7.37. The van der Waals surface area contributed by atoms with E-state index < -0.39 is 21.5 Å². The van der Waals surface area contributed by atoms with E-state index in [0.29, 0.717) is 18.4 Å². The minimum Gasteiger partial charge on any atom is -0.468 e. The third kappa shape index (κ3) is 4.03. The van der Waals surface area contributed by atoms with E-state index in [9.17, 15) is 13.2 Å². The highest BCUT2D eigenvalue weighted by atomic mass is 32.2. The summed E-state index contributed by atoms with van der Waals surface area (Å²) in [6.45, 7) is 3.33. The first-order valence-corrected chi connectivity index (χ1v) is 7.90. The first kappa shape index (κ1) is 17.1. The van der Waals surface area contributed by atoms with Crippen LogP contribution in [0.15, 0.2) is 29.2 Å². The Morgan fingerprint density at radius 2 is 1.95 bits per heavy atom. The molecule has 7 heteroatoms. The monoisotopic (exact) mass is 310 g/mol. The van der Waals surface area contributed by atoms with Crippen LogP contribution in [-0.4, -0.2) is 27.0 Å². The normalized spacial score (nSPS) is 14.0. The van der Waals surface area contributed by atoms with Gasteiger partial charge in [0.15, 0.2) is 0 Å². The molecule has 1 atom stereocenters. The Bertz CT molecular complexity index is 647. The summed E-state index contributed by atoms with van der Waals surface area (Å²) >= 11 is 0. The summed E-state index contributed by atoms with van der Waals surface area (Å²) in [6.07, 6.45) is 0.927. The van der Waals surface area contributed by atoms with Crippen LogP contribution in [0.4, 0.5) is 0 Å². The van der Waals surface area contributed by atoms with E-state index >= 15 is 0 Å². The van der Waals surface area contributed by atoms with E-state index in [-0.39, 0.29) is 4.90 Å². The second-order valence-corrected chi connectivity index (χ2v) is 6.50. The Morgan fingerprint density at radius 3 is 2.38 bits per heavy atom. The zero-order valence-corrected chi connectivity index (χ0v) is 13.0. The molecule has 1 rings (SSSR count). The molecule has 0 aliphatic carbocycles. The second-order valence-electron chi connectivity index (χ2n) is 4.82. The SMILES string of the molecule is CCCC(C)(NS(=O)(=O)c1ccc(C#N)cc1)C(=O)OC. The molecule has 0 fully saturated rings. The minimum atomic E-state index is -3.88. The van der Waals surface area contributed by atoms with E-state index in [1.807, 2.05) is 13.0 Å². The maximum atomic E-state index is 12.3. The number of rotatable bonds is 6. The number of sulfonamides is 1. The lowest BCUT2D eigenvalue weighted by Crippen LogP contribution is -2.52. The summed E-state index contributed by atoms with van der Waals surface area (Å²) < 4.78 is 31.7. The summed E-state index contributed by atoms with van der Waals surface area (Å²) in [7, 11) is -2.67. The van der Waals surface area contributed by atoms with Crippen LogP contribution in [0.5, 0.6) is 0 Å². The van der Waals surface area contributed by atoms with Crippen molar-refractivity contribution < 1.29 is 17.9 Å². The van der Waals surface area contributed by atoms with Gasteiger partial charge in [0.2, 0.25) is 10.0 Å². The molecular weight excluding hydrogens is 292 g/mol. The molecule has 21 heavy (non-hydrogen) atoms. The van der Waals surface area contributed by atoms with Gasteiger partial charge in [0.05, 0.1) is 23.6 Å². The highest BCUT2D eigenvalue weighted by Crippen LogP contribution is 2.19. The van der Waals surface area contributed by atoms with Crippen molar-refractivity contribution in [2.24, 2.45) is 0 Å². The topological polar surface area (TPSA) is 96.3 Å². The number of hydrogen-bond donors (Lipinski definition) is 1. The molecule has 114 valence electrons. The molecule has 1 aromatic rings. The van der Waals surface area contributed by atoms with Gasteiger partial charge < -0.3 is 4.74 Å². The van der Waals surface area contributed by atoms with Crippen molar-refractivity contribution in [3.05, 3.63) is 29.8 Å². The van der Waals surface area contributed by atoms with Crippen molar-refractivity contribution in [2.45, 2.75) is 37.1 Å². The Labute approximate surface area is 124 Å². The first-order chi connectivity index (χ1) is 9.79. The molecule has 0 bridgehead atoms. The average molecular weight is 310 g/mol. The van der Waals surface area contributed by atoms with Gasteiger partial charge in [-0.3, -0.25) is 4.79 Å². The fourth-order valence-electron chi connectivity index (χ4n) is 1.98. The van der Waals surface area contributed by atoms with Gasteiger partial charge >= 0.3 is 5.97 Å². The largest absolute Gasteiger partial charge is 0.468 e. The lowest BCUT2D eigenvalue weighted by molar-refractivity contribution is -0.147. The summed E-state index contributed by atoms with van der Waals surface area (Å²) in [5.74, 6) is -0.637. The number of methoxy groups -OCH3 is 1. The van der Waals surface area contributed by atoms with Crippen molar-refractivity contribution >= 4 is 16.0 Å². The zero-order valence-electron chi connectivity index (χ0n) is 12.2. The molecule has 0 saturated heterocycles. The molecule has 1 N–H and O–H groups in total. The third-order valence-corrected chi connectivity index (χ3v) is 4.65. The van der Waals surface area contributed by atoms with Crippen LogP contribution in [-0.2, 0) is 19.6 Å². The number of benzene rings is 1. The molecule has 0 amide bonds. The molecule has 0 aliphatic heterocycles. The number of esters is 1. The van der Waals surface area contributed by atoms with E-state index in [2.05, 4.69) is 9.46 Å². The van der Waals surface area contributed by atoms with Gasteiger partial charge in [-0.1, -0.05) is 13.3 Å². The van der Waals surface area contributed by atoms with Crippen LogP contribution in [0.1, 0.15) is 32.3 Å². The van der Waals surface area contributed by atoms with Gasteiger partial charge in [-0.25, -0.2) is 8.42 Å². The number of carbonyl (C=O) groups excluding carboxylic acids is 1. The van der Waals surface area contributed by atoms with Crippen LogP contribution in [0.25, 0.3) is 0 Å². The van der Waals surface area contributed by atoms with E-state index in [4.69, 9.17) is 5.26 Å². The Balaban J connectivity index is 3.11. The van der Waals surface area contributed by atoms with E-state index in [1.165, 1.54) is 38.3 Å². The molecule has 0 aliphatic rings. The molecule has 1 unspecified atom stereocenters. The average Bonchev–Trinajstić information content (AvgIpc) is 2.46. The lowest BCUT2D eigenvalue weighted by atomic mass is 9.98. The fourth-order valence-corrected chi connectivity index (χ4v) is 3.37. The van der Waals surface area contributed by atoms with Crippen LogP contribution in [0.2, 0.25) is 0 Å². The predicted molar refractivity (Wildman–Crippen MR) is 76.8 cm³/mol. The number of nitrogens with zero attached hydrogens (tertiary/aromatic N) is 1. The lowest BCUT2D eigenvalue weighted by Gasteiger charge is -2.27. The summed E-state index contributed by atoms with van der Waals surface area (Å²) in [5, 5.41) is 8.72. The standard InChI is InChI=1S/C14H18N2O4S/c1-4-9-14(2,13(17)20-3)16-21(18,19)12-7-5-11(10-15)6-8-12/h5-8,16H,4,9H2,1-3H3. The van der Waals surface area contributed by atoms with Gasteiger partial charge in [-0.05, 0) is 37.6 Å². The fraction of sp³-hybridized carbons (Fsp3) is 0.429. The van der Waals surface area contributed by atoms with E-state index in [1.54, 1.807) is 0 Å². The maximum Gasteiger partial charge on any atom is 0.326 e. The highest BCUT2D eigenvalue weighted by Gasteiger charge is 2.38. The number of nitriles is 1. The maximum absolute atomic E-state index is 12.3. The summed E-state index contributed by atoms with van der Waals surface area (Å²) in [5.41, 5.74) is -0.964. The molecule has 0 spiro atoms. The number of carbonyl (C=O) groups is 1. The molecule has 0 aromatic heterocycles. The third-order valence-electron chi connectivity index (χ3n) is 3.04. The molecule has 0 radical (unpaired) electrons. The predicted octanol–water partition coefficient (Wildman–Crippen LogP) is 1.57. The Kier molecular flexibility index (Phi) is 5.47. The molecule has 1 aromatic carbocycles. The Morgan fingerprint density at radius 1 is 1.38 bits per heavy atom. The van der Waals surface area contributed by atoms with Crippen molar-refractivity contribution in [3.8, 4) is 6.07 Å². The molecule has 0 saturated carbocycles. The van der Waals surface area contributed by atoms with Crippen molar-refractivity contribution in [1.82, 2.24) is 4.72 Å². The van der Waals surface area contributed by atoms with Crippen molar-refractivity contribution in [3.63, 3.8) is 0 Å². The van der Waals surface area contributed by atoms with Crippen LogP contribution in [0, 0.1) is 11.3 Å². The number of hydrogen-bond acceptors (Lipinski definition) is 5. The van der Waals surface area contributed by atoms with E-state index in [0.717, 1.165) is 0 Å². The van der Waals surface area contributed by atoms with Gasteiger partial charge in [0.25, 0.3) is 0 Å². The van der Waals surface area contributed by atoms with Crippen molar-refractivity contribution in [1.29, 1.82) is 5.26 Å². The number of nitrogens with one attached hydrogen (secondary N) is 1. The van der Waals surface area contributed by atoms with Gasteiger partial charge in [-0.15, -0.1) is 0 Å². The molecule has 6 nitrogen and oxygen atoms in total. The summed E-state index contributed by atoms with van der Waals surface area (Å²) in [4.78, 5) is 11.8. The Hall–Kier alpha value is -1.91. The van der Waals surface area contributed by atoms with Crippen LogP contribution in [0.3, 0.4) is 0 Å². The quantitative estimate of drug-likeness (QED) is 0.804. The first-order valence-electron chi connectivity index (χ1n) is 6.41. The van der Waals surface area contributed by atoms with Crippen LogP contribution >= 0.6 is 0 Å². The zero-order chi connectivity index (χ0) is 16.1.